The number of rotatable bonds is 6. The summed E-state index contributed by atoms with van der Waals surface area (Å²) in [7, 11) is 0. The van der Waals surface area contributed by atoms with Gasteiger partial charge in [0, 0.05) is 23.3 Å². The van der Waals surface area contributed by atoms with Gasteiger partial charge < -0.3 is 16.0 Å². The molecule has 1 heterocycles. The van der Waals surface area contributed by atoms with Gasteiger partial charge in [-0.05, 0) is 42.5 Å². The molecule has 3 rings (SSSR count). The van der Waals surface area contributed by atoms with Crippen molar-refractivity contribution >= 4 is 63.5 Å². The van der Waals surface area contributed by atoms with Crippen LogP contribution in [0.5, 0.6) is 0 Å². The van der Waals surface area contributed by atoms with Gasteiger partial charge in [0.25, 0.3) is 0 Å². The lowest BCUT2D eigenvalue weighted by molar-refractivity contribution is -0.383. The summed E-state index contributed by atoms with van der Waals surface area (Å²) in [5.41, 5.74) is 1.18. The predicted octanol–water partition coefficient (Wildman–Crippen LogP) is 5.14. The summed E-state index contributed by atoms with van der Waals surface area (Å²) in [6.07, 6.45) is 1.19. The largest absolute Gasteiger partial charge is 0.353 e. The molecule has 0 bridgehead atoms. The minimum Gasteiger partial charge on any atom is -0.334 e. The number of anilines is 5. The number of halogens is 2. The Morgan fingerprint density at radius 1 is 1.00 bits per heavy atom. The van der Waals surface area contributed by atoms with Crippen LogP contribution in [0.15, 0.2) is 48.8 Å². The lowest BCUT2D eigenvalue weighted by Crippen LogP contribution is -2.06. The van der Waals surface area contributed by atoms with Gasteiger partial charge in [0.15, 0.2) is 0 Å². The van der Waals surface area contributed by atoms with Crippen molar-refractivity contribution in [1.29, 1.82) is 0 Å². The van der Waals surface area contributed by atoms with Crippen molar-refractivity contribution in [2.24, 2.45) is 0 Å². The van der Waals surface area contributed by atoms with Crippen molar-refractivity contribution in [3.8, 4) is 0 Å². The summed E-state index contributed by atoms with van der Waals surface area (Å²) in [6.45, 7) is 1.40. The van der Waals surface area contributed by atoms with E-state index in [-0.39, 0.29) is 28.3 Å². The molecule has 1 amide bonds. The van der Waals surface area contributed by atoms with Crippen molar-refractivity contribution < 1.29 is 9.72 Å². The van der Waals surface area contributed by atoms with Gasteiger partial charge in [-0.3, -0.25) is 14.9 Å². The predicted molar refractivity (Wildman–Crippen MR) is 112 cm³/mol. The van der Waals surface area contributed by atoms with Crippen LogP contribution < -0.4 is 16.0 Å². The molecule has 0 aliphatic carbocycles. The van der Waals surface area contributed by atoms with Crippen molar-refractivity contribution in [2.75, 3.05) is 16.0 Å². The average Bonchev–Trinajstić information content (AvgIpc) is 2.65. The Morgan fingerprint density at radius 3 is 2.21 bits per heavy atom. The maximum Gasteiger partial charge on any atom is 0.353 e. The summed E-state index contributed by atoms with van der Waals surface area (Å²) in [5, 5.41) is 20.8. The van der Waals surface area contributed by atoms with E-state index in [4.69, 9.17) is 23.2 Å². The van der Waals surface area contributed by atoms with Gasteiger partial charge in [-0.1, -0.05) is 23.2 Å². The van der Waals surface area contributed by atoms with Crippen LogP contribution in [0.4, 0.5) is 34.4 Å². The van der Waals surface area contributed by atoms with Crippen LogP contribution in [0, 0.1) is 10.1 Å². The zero-order chi connectivity index (χ0) is 21.0. The molecule has 0 spiro atoms. The Balaban J connectivity index is 1.90. The van der Waals surface area contributed by atoms with Crippen LogP contribution in [0.1, 0.15) is 6.92 Å². The molecule has 0 fully saturated rings. The first kappa shape index (κ1) is 20.3. The Kier molecular flexibility index (Phi) is 6.10. The van der Waals surface area contributed by atoms with Crippen LogP contribution in [0.25, 0.3) is 0 Å². The number of nitrogens with zero attached hydrogens (tertiary/aromatic N) is 3. The fourth-order valence-corrected chi connectivity index (χ4v) is 2.89. The van der Waals surface area contributed by atoms with Gasteiger partial charge >= 0.3 is 5.69 Å². The number of hydrogen-bond donors (Lipinski definition) is 3. The van der Waals surface area contributed by atoms with Gasteiger partial charge in [0.1, 0.15) is 6.33 Å². The minimum atomic E-state index is -0.597. The molecular formula is C18H14Cl2N6O3. The highest BCUT2D eigenvalue weighted by Gasteiger charge is 2.24. The second-order valence-electron chi connectivity index (χ2n) is 5.81. The highest BCUT2D eigenvalue weighted by atomic mass is 35.5. The summed E-state index contributed by atoms with van der Waals surface area (Å²) >= 11 is 12.0. The summed E-state index contributed by atoms with van der Waals surface area (Å²) in [5.74, 6) is -0.245. The van der Waals surface area contributed by atoms with E-state index in [0.717, 1.165) is 0 Å². The number of nitro groups is 1. The molecule has 0 aliphatic heterocycles. The van der Waals surface area contributed by atoms with Crippen molar-refractivity contribution in [3.63, 3.8) is 0 Å². The second kappa shape index (κ2) is 8.72. The topological polar surface area (TPSA) is 122 Å². The van der Waals surface area contributed by atoms with E-state index in [0.29, 0.717) is 22.1 Å². The average molecular weight is 433 g/mol. The molecule has 0 atom stereocenters. The molecule has 0 unspecified atom stereocenters. The van der Waals surface area contributed by atoms with Gasteiger partial charge in [0.05, 0.1) is 15.6 Å². The Morgan fingerprint density at radius 2 is 1.62 bits per heavy atom. The van der Waals surface area contributed by atoms with Crippen LogP contribution >= 0.6 is 23.2 Å². The smallest absolute Gasteiger partial charge is 0.334 e. The van der Waals surface area contributed by atoms with Gasteiger partial charge in [0.2, 0.25) is 17.5 Å². The minimum absolute atomic E-state index is 0.00939. The molecule has 29 heavy (non-hydrogen) atoms. The number of aromatic nitrogens is 2. The summed E-state index contributed by atoms with van der Waals surface area (Å²) in [4.78, 5) is 30.1. The third-order valence-electron chi connectivity index (χ3n) is 3.66. The molecule has 9 nitrogen and oxygen atoms in total. The Bertz CT molecular complexity index is 1080. The Hall–Kier alpha value is -3.43. The second-order valence-corrected chi connectivity index (χ2v) is 6.65. The molecule has 3 N–H and O–H groups in total. The van der Waals surface area contributed by atoms with E-state index in [9.17, 15) is 14.9 Å². The van der Waals surface area contributed by atoms with E-state index in [1.54, 1.807) is 36.4 Å². The van der Waals surface area contributed by atoms with Gasteiger partial charge in [-0.15, -0.1) is 0 Å². The van der Waals surface area contributed by atoms with E-state index >= 15 is 0 Å². The summed E-state index contributed by atoms with van der Waals surface area (Å²) in [6, 6.07) is 11.3. The quantitative estimate of drug-likeness (QED) is 0.364. The van der Waals surface area contributed by atoms with E-state index in [1.165, 1.54) is 19.3 Å². The zero-order valence-electron chi connectivity index (χ0n) is 14.9. The van der Waals surface area contributed by atoms with Crippen molar-refractivity contribution in [2.45, 2.75) is 6.92 Å². The van der Waals surface area contributed by atoms with Crippen LogP contribution in [-0.4, -0.2) is 20.8 Å². The molecule has 1 aromatic heterocycles. The molecule has 0 saturated carbocycles. The first-order chi connectivity index (χ1) is 13.8. The molecule has 148 valence electrons. The van der Waals surface area contributed by atoms with Gasteiger partial charge in [-0.2, -0.15) is 0 Å². The molecule has 11 heteroatoms. The zero-order valence-corrected chi connectivity index (χ0v) is 16.5. The first-order valence-electron chi connectivity index (χ1n) is 8.19. The lowest BCUT2D eigenvalue weighted by Gasteiger charge is -2.11. The van der Waals surface area contributed by atoms with Crippen molar-refractivity contribution in [3.05, 3.63) is 69.0 Å². The maximum atomic E-state index is 11.7. The standard InChI is InChI=1S/C18H14Cl2N6O3/c1-10(27)23-12-3-5-13(6-4-12)24-17-16(26(28)29)18(22-9-21-17)25-15-7-2-11(19)8-14(15)20/h2-9H,1H3,(H,23,27)(H2,21,22,24,25). The molecule has 0 saturated heterocycles. The number of nitrogens with one attached hydrogen (secondary N) is 3. The molecule has 0 radical (unpaired) electrons. The monoisotopic (exact) mass is 432 g/mol. The lowest BCUT2D eigenvalue weighted by atomic mass is 10.2. The summed E-state index contributed by atoms with van der Waals surface area (Å²) < 4.78 is 0. The molecule has 2 aromatic carbocycles. The third kappa shape index (κ3) is 5.09. The number of amides is 1. The normalized spacial score (nSPS) is 10.3. The third-order valence-corrected chi connectivity index (χ3v) is 4.20. The highest BCUT2D eigenvalue weighted by Crippen LogP contribution is 2.35. The first-order valence-corrected chi connectivity index (χ1v) is 8.95. The Labute approximate surface area is 175 Å². The number of carbonyl (C=O) groups excluding carboxylic acids is 1. The number of carbonyl (C=O) groups is 1. The highest BCUT2D eigenvalue weighted by molar-refractivity contribution is 6.36. The van der Waals surface area contributed by atoms with Crippen LogP contribution in [0.2, 0.25) is 10.0 Å². The van der Waals surface area contributed by atoms with Crippen LogP contribution in [0.3, 0.4) is 0 Å². The molecule has 0 aliphatic rings. The maximum absolute atomic E-state index is 11.7. The number of benzene rings is 2. The van der Waals surface area contributed by atoms with E-state index < -0.39 is 4.92 Å². The molecular weight excluding hydrogens is 419 g/mol. The van der Waals surface area contributed by atoms with Crippen molar-refractivity contribution in [1.82, 2.24) is 9.97 Å². The fourth-order valence-electron chi connectivity index (χ4n) is 2.43. The molecule has 3 aromatic rings. The van der Waals surface area contributed by atoms with Gasteiger partial charge in [-0.25, -0.2) is 9.97 Å². The fraction of sp³-hybridized carbons (Fsp3) is 0.0556. The number of hydrogen-bond acceptors (Lipinski definition) is 7. The van der Waals surface area contributed by atoms with E-state index in [1.807, 2.05) is 0 Å². The van der Waals surface area contributed by atoms with Crippen LogP contribution in [-0.2, 0) is 4.79 Å². The SMILES string of the molecule is CC(=O)Nc1ccc(Nc2ncnc(Nc3ccc(Cl)cc3Cl)c2[N+](=O)[O-])cc1. The van der Waals surface area contributed by atoms with E-state index in [2.05, 4.69) is 25.9 Å².